The van der Waals surface area contributed by atoms with Crippen LogP contribution in [0.1, 0.15) is 43.6 Å². The van der Waals surface area contributed by atoms with Crippen LogP contribution in [-0.2, 0) is 29.0 Å². The summed E-state index contributed by atoms with van der Waals surface area (Å²) in [6, 6.07) is 7.30. The molecule has 9 heteroatoms. The number of nitrogens with zero attached hydrogens (tertiary/aromatic N) is 3. The van der Waals surface area contributed by atoms with E-state index in [2.05, 4.69) is 19.2 Å². The average molecular weight is 497 g/mol. The van der Waals surface area contributed by atoms with Gasteiger partial charge in [0.15, 0.2) is 5.16 Å². The number of fused-ring (bicyclic) bond motifs is 4. The Morgan fingerprint density at radius 2 is 2.00 bits per heavy atom. The monoisotopic (exact) mass is 496 g/mol. The largest absolute Gasteiger partial charge is 0.323 e. The standard InChI is InChI=1S/C25H28N4O3S2/c1-15(2)11-12-28-24(32)22-16-7-3-6-10-19(16)34-23(22)27-25(28)33-14-21(31)29-13-20(30)26-17-8-4-5-9-18(17)29/h4-5,8-9,15H,3,6-7,10-14H2,1-2H3,(H,26,30). The van der Waals surface area contributed by atoms with Crippen molar-refractivity contribution >= 4 is 56.5 Å². The number of nitrogens with one attached hydrogen (secondary N) is 1. The molecule has 1 aliphatic carbocycles. The summed E-state index contributed by atoms with van der Waals surface area (Å²) in [7, 11) is 0. The number of rotatable bonds is 6. The topological polar surface area (TPSA) is 84.3 Å². The number of thiophene rings is 1. The first-order valence-electron chi connectivity index (χ1n) is 11.8. The molecule has 0 atom stereocenters. The third-order valence-electron chi connectivity index (χ3n) is 6.37. The quantitative estimate of drug-likeness (QED) is 0.402. The second-order valence-corrected chi connectivity index (χ2v) is 11.3. The average Bonchev–Trinajstić information content (AvgIpc) is 3.20. The number of hydrogen-bond donors (Lipinski definition) is 1. The highest BCUT2D eigenvalue weighted by Gasteiger charge is 2.28. The molecule has 1 aromatic carbocycles. The van der Waals surface area contributed by atoms with Crippen molar-refractivity contribution in [2.24, 2.45) is 5.92 Å². The zero-order valence-corrected chi connectivity index (χ0v) is 21.1. The maximum absolute atomic E-state index is 13.6. The van der Waals surface area contributed by atoms with Gasteiger partial charge in [-0.25, -0.2) is 4.98 Å². The van der Waals surface area contributed by atoms with Gasteiger partial charge in [0.25, 0.3) is 5.56 Å². The summed E-state index contributed by atoms with van der Waals surface area (Å²) < 4.78 is 1.76. The van der Waals surface area contributed by atoms with E-state index in [-0.39, 0.29) is 29.7 Å². The number of hydrogen-bond acceptors (Lipinski definition) is 6. The Hall–Kier alpha value is -2.65. The SMILES string of the molecule is CC(C)CCn1c(SCC(=O)N2CC(=O)Nc3ccccc32)nc2sc3c(c2c1=O)CCCC3. The van der Waals surface area contributed by atoms with Gasteiger partial charge in [-0.1, -0.05) is 37.7 Å². The van der Waals surface area contributed by atoms with Gasteiger partial charge in [-0.15, -0.1) is 11.3 Å². The fourth-order valence-corrected chi connectivity index (χ4v) is 6.78. The Labute approximate surface area is 206 Å². The van der Waals surface area contributed by atoms with Gasteiger partial charge < -0.3 is 10.2 Å². The molecule has 0 spiro atoms. The van der Waals surface area contributed by atoms with Crippen LogP contribution in [0.15, 0.2) is 34.2 Å². The number of benzene rings is 1. The summed E-state index contributed by atoms with van der Waals surface area (Å²) in [5.41, 5.74) is 2.53. The molecular formula is C25H28N4O3S2. The molecule has 1 aliphatic heterocycles. The highest BCUT2D eigenvalue weighted by molar-refractivity contribution is 7.99. The summed E-state index contributed by atoms with van der Waals surface area (Å²) in [6.45, 7) is 4.84. The van der Waals surface area contributed by atoms with E-state index in [0.717, 1.165) is 42.3 Å². The van der Waals surface area contributed by atoms with Gasteiger partial charge in [-0.05, 0) is 55.7 Å². The first-order chi connectivity index (χ1) is 16.4. The lowest BCUT2D eigenvalue weighted by molar-refractivity contribution is -0.120. The van der Waals surface area contributed by atoms with Crippen LogP contribution in [0.5, 0.6) is 0 Å². The van der Waals surface area contributed by atoms with Crippen molar-refractivity contribution in [3.63, 3.8) is 0 Å². The Kier molecular flexibility index (Phi) is 6.48. The molecule has 0 radical (unpaired) electrons. The van der Waals surface area contributed by atoms with Crippen LogP contribution >= 0.6 is 23.1 Å². The number of carbonyl (C=O) groups is 2. The first-order valence-corrected chi connectivity index (χ1v) is 13.6. The minimum atomic E-state index is -0.213. The zero-order chi connectivity index (χ0) is 23.8. The van der Waals surface area contributed by atoms with Crippen molar-refractivity contribution in [1.82, 2.24) is 9.55 Å². The molecule has 0 unspecified atom stereocenters. The number of carbonyl (C=O) groups excluding carboxylic acids is 2. The molecular weight excluding hydrogens is 468 g/mol. The molecule has 0 fully saturated rings. The molecule has 0 saturated heterocycles. The number of thioether (sulfide) groups is 1. The minimum Gasteiger partial charge on any atom is -0.323 e. The number of aryl methyl sites for hydroxylation is 2. The molecule has 5 rings (SSSR count). The van der Waals surface area contributed by atoms with E-state index in [1.54, 1.807) is 22.0 Å². The van der Waals surface area contributed by atoms with Gasteiger partial charge in [-0.3, -0.25) is 19.0 Å². The summed E-state index contributed by atoms with van der Waals surface area (Å²) in [6.07, 6.45) is 5.08. The number of amides is 2. The van der Waals surface area contributed by atoms with E-state index in [0.29, 0.717) is 29.0 Å². The smallest absolute Gasteiger partial charge is 0.263 e. The number of para-hydroxylation sites is 2. The van der Waals surface area contributed by atoms with Crippen LogP contribution in [-0.4, -0.2) is 33.7 Å². The third kappa shape index (κ3) is 4.38. The predicted octanol–water partition coefficient (Wildman–Crippen LogP) is 4.46. The van der Waals surface area contributed by atoms with Gasteiger partial charge in [0.05, 0.1) is 22.5 Å². The lowest BCUT2D eigenvalue weighted by atomic mass is 9.97. The molecule has 0 saturated carbocycles. The van der Waals surface area contributed by atoms with Gasteiger partial charge >= 0.3 is 0 Å². The van der Waals surface area contributed by atoms with Gasteiger partial charge in [-0.2, -0.15) is 0 Å². The lowest BCUT2D eigenvalue weighted by Crippen LogP contribution is -2.43. The molecule has 2 aromatic heterocycles. The van der Waals surface area contributed by atoms with Crippen molar-refractivity contribution in [2.75, 3.05) is 22.5 Å². The Bertz CT molecular complexity index is 1330. The summed E-state index contributed by atoms with van der Waals surface area (Å²) in [5, 5.41) is 4.17. The summed E-state index contributed by atoms with van der Waals surface area (Å²) in [4.78, 5) is 47.4. The van der Waals surface area contributed by atoms with Crippen molar-refractivity contribution in [3.8, 4) is 0 Å². The maximum Gasteiger partial charge on any atom is 0.263 e. The Morgan fingerprint density at radius 1 is 1.21 bits per heavy atom. The van der Waals surface area contributed by atoms with Crippen LogP contribution in [0.2, 0.25) is 0 Å². The second kappa shape index (κ2) is 9.54. The Balaban J connectivity index is 1.46. The van der Waals surface area contributed by atoms with E-state index in [9.17, 15) is 14.4 Å². The third-order valence-corrected chi connectivity index (χ3v) is 8.51. The van der Waals surface area contributed by atoms with Crippen molar-refractivity contribution < 1.29 is 9.59 Å². The fourth-order valence-electron chi connectivity index (χ4n) is 4.57. The predicted molar refractivity (Wildman–Crippen MR) is 138 cm³/mol. The maximum atomic E-state index is 13.6. The van der Waals surface area contributed by atoms with E-state index >= 15 is 0 Å². The van der Waals surface area contributed by atoms with E-state index in [4.69, 9.17) is 4.98 Å². The molecule has 2 aliphatic rings. The zero-order valence-electron chi connectivity index (χ0n) is 19.4. The van der Waals surface area contributed by atoms with Crippen LogP contribution in [0.25, 0.3) is 10.2 Å². The molecule has 1 N–H and O–H groups in total. The molecule has 7 nitrogen and oxygen atoms in total. The number of aromatic nitrogens is 2. The Morgan fingerprint density at radius 3 is 2.82 bits per heavy atom. The van der Waals surface area contributed by atoms with Crippen molar-refractivity contribution in [2.45, 2.75) is 57.7 Å². The van der Waals surface area contributed by atoms with Crippen LogP contribution < -0.4 is 15.8 Å². The van der Waals surface area contributed by atoms with Crippen molar-refractivity contribution in [3.05, 3.63) is 45.1 Å². The molecule has 3 aromatic rings. The van der Waals surface area contributed by atoms with Gasteiger partial charge in [0, 0.05) is 11.4 Å². The van der Waals surface area contributed by atoms with Gasteiger partial charge in [0.1, 0.15) is 11.4 Å². The normalized spacial score (nSPS) is 15.4. The molecule has 34 heavy (non-hydrogen) atoms. The summed E-state index contributed by atoms with van der Waals surface area (Å²) in [5.74, 6) is 0.158. The lowest BCUT2D eigenvalue weighted by Gasteiger charge is -2.29. The van der Waals surface area contributed by atoms with E-state index < -0.39 is 0 Å². The number of anilines is 2. The molecule has 2 amide bonds. The summed E-state index contributed by atoms with van der Waals surface area (Å²) >= 11 is 2.92. The molecule has 0 bridgehead atoms. The highest BCUT2D eigenvalue weighted by atomic mass is 32.2. The van der Waals surface area contributed by atoms with E-state index in [1.807, 2.05) is 18.2 Å². The van der Waals surface area contributed by atoms with Crippen LogP contribution in [0, 0.1) is 5.92 Å². The molecule has 178 valence electrons. The van der Waals surface area contributed by atoms with Crippen LogP contribution in [0.4, 0.5) is 11.4 Å². The fraction of sp³-hybridized carbons (Fsp3) is 0.440. The molecule has 3 heterocycles. The van der Waals surface area contributed by atoms with Gasteiger partial charge in [0.2, 0.25) is 11.8 Å². The minimum absolute atomic E-state index is 0.0132. The second-order valence-electron chi connectivity index (χ2n) is 9.26. The first kappa shape index (κ1) is 23.1. The van der Waals surface area contributed by atoms with Crippen LogP contribution in [0.3, 0.4) is 0 Å². The van der Waals surface area contributed by atoms with E-state index in [1.165, 1.54) is 27.1 Å². The van der Waals surface area contributed by atoms with Crippen molar-refractivity contribution in [1.29, 1.82) is 0 Å². The highest BCUT2D eigenvalue weighted by Crippen LogP contribution is 2.35.